The highest BCUT2D eigenvalue weighted by molar-refractivity contribution is 7.87. The second-order valence-electron chi connectivity index (χ2n) is 6.60. The van der Waals surface area contributed by atoms with Gasteiger partial charge in [-0.1, -0.05) is 0 Å². The number of hydrogen-bond donors (Lipinski definition) is 1. The zero-order valence-electron chi connectivity index (χ0n) is 13.3. The highest BCUT2D eigenvalue weighted by atomic mass is 32.2. The first-order valence-electron chi connectivity index (χ1n) is 8.21. The number of nitrogens with zero attached hydrogens (tertiary/aromatic N) is 2. The average molecular weight is 344 g/mol. The van der Waals surface area contributed by atoms with Crippen molar-refractivity contribution >= 4 is 21.5 Å². The smallest absolute Gasteiger partial charge is 0.246 e. The number of piperidine rings is 1. The standard InChI is InChI=1S/C15H25N3O2S2/c1-11(2)17-22(19,20)18-9-5-6-12(10-18)15-16-13-7-3-4-8-14(13)21-15/h11-12,17H,3-10H2,1-2H3/t12-/m1/s1. The van der Waals surface area contributed by atoms with E-state index in [2.05, 4.69) is 4.72 Å². The van der Waals surface area contributed by atoms with Crippen LogP contribution in [0.1, 0.15) is 61.0 Å². The molecule has 124 valence electrons. The molecule has 0 saturated carbocycles. The van der Waals surface area contributed by atoms with E-state index in [1.54, 1.807) is 4.31 Å². The van der Waals surface area contributed by atoms with E-state index >= 15 is 0 Å². The van der Waals surface area contributed by atoms with E-state index in [0.29, 0.717) is 13.1 Å². The summed E-state index contributed by atoms with van der Waals surface area (Å²) >= 11 is 1.82. The van der Waals surface area contributed by atoms with Crippen LogP contribution in [0.5, 0.6) is 0 Å². The van der Waals surface area contributed by atoms with Gasteiger partial charge in [0.05, 0.1) is 10.7 Å². The van der Waals surface area contributed by atoms with Crippen molar-refractivity contribution in [1.82, 2.24) is 14.0 Å². The third kappa shape index (κ3) is 3.53. The highest BCUT2D eigenvalue weighted by Crippen LogP contribution is 2.35. The summed E-state index contributed by atoms with van der Waals surface area (Å²) in [4.78, 5) is 6.26. The number of aromatic nitrogens is 1. The third-order valence-corrected chi connectivity index (χ3v) is 7.42. The molecule has 0 bridgehead atoms. The van der Waals surface area contributed by atoms with Crippen LogP contribution in [0.3, 0.4) is 0 Å². The van der Waals surface area contributed by atoms with Crippen molar-refractivity contribution < 1.29 is 8.42 Å². The molecule has 0 radical (unpaired) electrons. The number of hydrogen-bond acceptors (Lipinski definition) is 4. The van der Waals surface area contributed by atoms with Crippen LogP contribution in [-0.2, 0) is 23.1 Å². The molecule has 2 heterocycles. The van der Waals surface area contributed by atoms with Crippen molar-refractivity contribution in [1.29, 1.82) is 0 Å². The van der Waals surface area contributed by atoms with Gasteiger partial charge < -0.3 is 0 Å². The van der Waals surface area contributed by atoms with Crippen LogP contribution in [-0.4, -0.2) is 36.8 Å². The molecule has 1 aromatic heterocycles. The lowest BCUT2D eigenvalue weighted by atomic mass is 10.00. The van der Waals surface area contributed by atoms with Gasteiger partial charge >= 0.3 is 0 Å². The summed E-state index contributed by atoms with van der Waals surface area (Å²) in [6.45, 7) is 4.89. The molecule has 1 saturated heterocycles. The number of fused-ring (bicyclic) bond motifs is 1. The minimum absolute atomic E-state index is 0.0717. The molecule has 1 atom stereocenters. The lowest BCUT2D eigenvalue weighted by Crippen LogP contribution is -2.47. The predicted octanol–water partition coefficient (Wildman–Crippen LogP) is 2.44. The van der Waals surface area contributed by atoms with Gasteiger partial charge in [0, 0.05) is 29.9 Å². The number of aryl methyl sites for hydroxylation is 2. The Hall–Kier alpha value is -0.500. The molecule has 2 aliphatic rings. The summed E-state index contributed by atoms with van der Waals surface area (Å²) in [5, 5.41) is 1.15. The van der Waals surface area contributed by atoms with E-state index in [1.165, 1.54) is 23.4 Å². The molecule has 3 rings (SSSR count). The molecule has 5 nitrogen and oxygen atoms in total. The normalized spacial score (nSPS) is 23.7. The van der Waals surface area contributed by atoms with Crippen molar-refractivity contribution in [3.05, 3.63) is 15.6 Å². The van der Waals surface area contributed by atoms with E-state index in [4.69, 9.17) is 4.98 Å². The van der Waals surface area contributed by atoms with Crippen molar-refractivity contribution in [2.24, 2.45) is 0 Å². The van der Waals surface area contributed by atoms with E-state index in [9.17, 15) is 8.42 Å². The average Bonchev–Trinajstić information content (AvgIpc) is 2.90. The van der Waals surface area contributed by atoms with Crippen LogP contribution in [0.25, 0.3) is 0 Å². The van der Waals surface area contributed by atoms with Crippen LogP contribution in [0, 0.1) is 0 Å². The van der Waals surface area contributed by atoms with Crippen molar-refractivity contribution in [3.8, 4) is 0 Å². The summed E-state index contributed by atoms with van der Waals surface area (Å²) < 4.78 is 29.0. The Balaban J connectivity index is 1.74. The number of nitrogens with one attached hydrogen (secondary N) is 1. The van der Waals surface area contributed by atoms with E-state index < -0.39 is 10.2 Å². The molecule has 0 unspecified atom stereocenters. The van der Waals surface area contributed by atoms with Crippen LogP contribution in [0.4, 0.5) is 0 Å². The molecular weight excluding hydrogens is 318 g/mol. The second-order valence-corrected chi connectivity index (χ2v) is 9.42. The molecule has 1 fully saturated rings. The van der Waals surface area contributed by atoms with Gasteiger partial charge in [-0.2, -0.15) is 17.4 Å². The van der Waals surface area contributed by atoms with Crippen molar-refractivity contribution in [3.63, 3.8) is 0 Å². The Kier molecular flexibility index (Phi) is 4.87. The lowest BCUT2D eigenvalue weighted by molar-refractivity contribution is 0.310. The fourth-order valence-corrected chi connectivity index (χ4v) is 6.05. The fourth-order valence-electron chi connectivity index (χ4n) is 3.28. The highest BCUT2D eigenvalue weighted by Gasteiger charge is 2.32. The largest absolute Gasteiger partial charge is 0.279 e. The minimum atomic E-state index is -3.37. The maximum absolute atomic E-state index is 12.4. The van der Waals surface area contributed by atoms with Gasteiger partial charge in [-0.05, 0) is 52.4 Å². The Morgan fingerprint density at radius 2 is 2.05 bits per heavy atom. The SMILES string of the molecule is CC(C)NS(=O)(=O)N1CCC[C@@H](c2nc3c(s2)CCCC3)C1. The Morgan fingerprint density at radius 1 is 1.27 bits per heavy atom. The van der Waals surface area contributed by atoms with Gasteiger partial charge in [0.1, 0.15) is 0 Å². The molecule has 0 aromatic carbocycles. The van der Waals surface area contributed by atoms with Gasteiger partial charge in [0.25, 0.3) is 10.2 Å². The fraction of sp³-hybridized carbons (Fsp3) is 0.800. The predicted molar refractivity (Wildman–Crippen MR) is 89.5 cm³/mol. The first-order chi connectivity index (χ1) is 10.5. The minimum Gasteiger partial charge on any atom is -0.246 e. The molecule has 1 N–H and O–H groups in total. The number of rotatable bonds is 4. The summed E-state index contributed by atoms with van der Waals surface area (Å²) in [6.07, 6.45) is 6.69. The monoisotopic (exact) mass is 343 g/mol. The van der Waals surface area contributed by atoms with Crippen molar-refractivity contribution in [2.45, 2.75) is 64.3 Å². The first-order valence-corrected chi connectivity index (χ1v) is 10.5. The summed E-state index contributed by atoms with van der Waals surface area (Å²) in [5.74, 6) is 0.257. The molecule has 0 amide bonds. The Labute approximate surface area is 137 Å². The van der Waals surface area contributed by atoms with Crippen LogP contribution >= 0.6 is 11.3 Å². The Morgan fingerprint density at radius 3 is 2.77 bits per heavy atom. The first kappa shape index (κ1) is 16.4. The zero-order valence-corrected chi connectivity index (χ0v) is 15.0. The van der Waals surface area contributed by atoms with E-state index in [0.717, 1.165) is 30.7 Å². The maximum atomic E-state index is 12.4. The van der Waals surface area contributed by atoms with E-state index in [-0.39, 0.29) is 12.0 Å². The maximum Gasteiger partial charge on any atom is 0.279 e. The molecule has 1 aliphatic heterocycles. The topological polar surface area (TPSA) is 62.3 Å². The molecule has 7 heteroatoms. The van der Waals surface area contributed by atoms with Crippen molar-refractivity contribution in [2.75, 3.05) is 13.1 Å². The lowest BCUT2D eigenvalue weighted by Gasteiger charge is -2.31. The van der Waals surface area contributed by atoms with Gasteiger partial charge in [0.15, 0.2) is 0 Å². The number of thiazole rings is 1. The molecule has 0 spiro atoms. The van der Waals surface area contributed by atoms with Gasteiger partial charge in [-0.15, -0.1) is 11.3 Å². The summed E-state index contributed by atoms with van der Waals surface area (Å²) in [6, 6.07) is -0.0717. The quantitative estimate of drug-likeness (QED) is 0.913. The van der Waals surface area contributed by atoms with Gasteiger partial charge in [0.2, 0.25) is 0 Å². The summed E-state index contributed by atoms with van der Waals surface area (Å²) in [7, 11) is -3.37. The molecule has 1 aliphatic carbocycles. The zero-order chi connectivity index (χ0) is 15.7. The summed E-state index contributed by atoms with van der Waals surface area (Å²) in [5.41, 5.74) is 1.27. The van der Waals surface area contributed by atoms with Gasteiger partial charge in [-0.25, -0.2) is 4.98 Å². The second kappa shape index (κ2) is 6.55. The van der Waals surface area contributed by atoms with Crippen LogP contribution in [0.15, 0.2) is 0 Å². The molecular formula is C15H25N3O2S2. The third-order valence-electron chi connectivity index (χ3n) is 4.32. The van der Waals surface area contributed by atoms with Crippen LogP contribution < -0.4 is 4.72 Å². The van der Waals surface area contributed by atoms with Gasteiger partial charge in [-0.3, -0.25) is 0 Å². The van der Waals surface area contributed by atoms with Crippen LogP contribution in [0.2, 0.25) is 0 Å². The molecule has 22 heavy (non-hydrogen) atoms. The Bertz CT molecular complexity index is 601. The van der Waals surface area contributed by atoms with E-state index in [1.807, 2.05) is 25.2 Å². The molecule has 1 aromatic rings.